The number of nitroso groups, excluding NO2 is 1. The molecule has 3 heteroatoms. The van der Waals surface area contributed by atoms with E-state index in [2.05, 4.69) is 5.18 Å². The first kappa shape index (κ1) is 9.58. The van der Waals surface area contributed by atoms with Crippen molar-refractivity contribution in [1.82, 2.24) is 0 Å². The minimum absolute atomic E-state index is 0.270. The number of aryl methyl sites for hydroxylation is 1. The van der Waals surface area contributed by atoms with Crippen molar-refractivity contribution in [3.05, 3.63) is 34.2 Å². The summed E-state index contributed by atoms with van der Waals surface area (Å²) < 4.78 is 0. The van der Waals surface area contributed by atoms with Gasteiger partial charge in [-0.05, 0) is 29.3 Å². The van der Waals surface area contributed by atoms with Crippen LogP contribution in [0.1, 0.15) is 24.0 Å². The first-order valence-corrected chi connectivity index (χ1v) is 4.08. The minimum atomic E-state index is -0.270. The number of hydrogen-bond donors (Lipinski definition) is 0. The van der Waals surface area contributed by atoms with Crippen LogP contribution in [0.2, 0.25) is 0 Å². The highest BCUT2D eigenvalue weighted by molar-refractivity contribution is 5.66. The zero-order valence-corrected chi connectivity index (χ0v) is 7.65. The van der Waals surface area contributed by atoms with Crippen molar-refractivity contribution in [1.29, 1.82) is 0 Å². The topological polar surface area (TPSA) is 46.5 Å². The summed E-state index contributed by atoms with van der Waals surface area (Å²) in [4.78, 5) is 20.9. The maximum atomic E-state index is 10.5. The molecular formula is C10H11NO2. The van der Waals surface area contributed by atoms with Crippen molar-refractivity contribution in [3.63, 3.8) is 0 Å². The van der Waals surface area contributed by atoms with Gasteiger partial charge in [0.25, 0.3) is 0 Å². The second kappa shape index (κ2) is 3.94. The number of rotatable bonds is 3. The first-order chi connectivity index (χ1) is 6.19. The van der Waals surface area contributed by atoms with Crippen molar-refractivity contribution in [2.75, 3.05) is 0 Å². The van der Waals surface area contributed by atoms with Crippen LogP contribution in [0, 0.1) is 11.8 Å². The van der Waals surface area contributed by atoms with E-state index in [1.54, 1.807) is 19.1 Å². The van der Waals surface area contributed by atoms with Crippen LogP contribution in [0.4, 0.5) is 5.69 Å². The number of carbonyl (C=O) groups excluding carboxylic acids is 1. The molecule has 68 valence electrons. The molecule has 0 saturated carbocycles. The lowest BCUT2D eigenvalue weighted by molar-refractivity contribution is -0.108. The van der Waals surface area contributed by atoms with Crippen LogP contribution in [-0.2, 0) is 4.79 Å². The van der Waals surface area contributed by atoms with E-state index in [-0.39, 0.29) is 5.92 Å². The second-order valence-corrected chi connectivity index (χ2v) is 3.08. The van der Waals surface area contributed by atoms with Gasteiger partial charge in [0.1, 0.15) is 12.0 Å². The smallest absolute Gasteiger partial charge is 0.127 e. The standard InChI is InChI=1S/C10H11NO2/c1-7-3-4-9(8(2)6-12)10(5-7)11-13/h3-6,8H,1-2H3. The molecule has 0 amide bonds. The highest BCUT2D eigenvalue weighted by Crippen LogP contribution is 2.26. The average Bonchev–Trinajstić information content (AvgIpc) is 2.16. The van der Waals surface area contributed by atoms with Gasteiger partial charge in [0.2, 0.25) is 0 Å². The predicted octanol–water partition coefficient (Wildman–Crippen LogP) is 2.70. The molecule has 1 aromatic rings. The molecule has 0 aromatic heterocycles. The van der Waals surface area contributed by atoms with Crippen LogP contribution in [-0.4, -0.2) is 6.29 Å². The molecule has 0 heterocycles. The summed E-state index contributed by atoms with van der Waals surface area (Å²) in [6, 6.07) is 5.32. The summed E-state index contributed by atoms with van der Waals surface area (Å²) in [5.41, 5.74) is 2.02. The van der Waals surface area contributed by atoms with Gasteiger partial charge in [-0.25, -0.2) is 0 Å². The summed E-state index contributed by atoms with van der Waals surface area (Å²) in [5.74, 6) is -0.270. The lowest BCUT2D eigenvalue weighted by Crippen LogP contribution is -1.94. The first-order valence-electron chi connectivity index (χ1n) is 4.08. The van der Waals surface area contributed by atoms with E-state index in [0.29, 0.717) is 11.3 Å². The number of benzene rings is 1. The van der Waals surface area contributed by atoms with Crippen LogP contribution >= 0.6 is 0 Å². The van der Waals surface area contributed by atoms with E-state index in [0.717, 1.165) is 11.8 Å². The van der Waals surface area contributed by atoms with Gasteiger partial charge in [-0.3, -0.25) is 0 Å². The number of nitrogens with zero attached hydrogens (tertiary/aromatic N) is 1. The van der Waals surface area contributed by atoms with Crippen LogP contribution in [0.5, 0.6) is 0 Å². The number of hydrogen-bond acceptors (Lipinski definition) is 3. The Balaban J connectivity index is 3.20. The lowest BCUT2D eigenvalue weighted by Gasteiger charge is -2.06. The van der Waals surface area contributed by atoms with Gasteiger partial charge < -0.3 is 4.79 Å². The third-order valence-electron chi connectivity index (χ3n) is 1.98. The average molecular weight is 177 g/mol. The maximum Gasteiger partial charge on any atom is 0.127 e. The molecular weight excluding hydrogens is 166 g/mol. The molecule has 1 atom stereocenters. The van der Waals surface area contributed by atoms with E-state index in [1.165, 1.54) is 0 Å². The van der Waals surface area contributed by atoms with Gasteiger partial charge in [0.05, 0.1) is 0 Å². The number of carbonyl (C=O) groups is 1. The maximum absolute atomic E-state index is 10.5. The molecule has 0 radical (unpaired) electrons. The van der Waals surface area contributed by atoms with Gasteiger partial charge in [-0.2, -0.15) is 0 Å². The summed E-state index contributed by atoms with van der Waals surface area (Å²) in [5, 5.41) is 2.89. The van der Waals surface area contributed by atoms with E-state index in [9.17, 15) is 9.70 Å². The Morgan fingerprint density at radius 3 is 2.69 bits per heavy atom. The molecule has 0 N–H and O–H groups in total. The normalized spacial score (nSPS) is 12.2. The van der Waals surface area contributed by atoms with Gasteiger partial charge in [0, 0.05) is 5.92 Å². The van der Waals surface area contributed by atoms with E-state index < -0.39 is 0 Å². The fourth-order valence-corrected chi connectivity index (χ4v) is 1.19. The molecule has 0 aliphatic carbocycles. The van der Waals surface area contributed by atoms with Gasteiger partial charge in [-0.1, -0.05) is 19.1 Å². The highest BCUT2D eigenvalue weighted by Gasteiger charge is 2.09. The van der Waals surface area contributed by atoms with Crippen LogP contribution < -0.4 is 0 Å². The van der Waals surface area contributed by atoms with E-state index in [4.69, 9.17) is 0 Å². The molecule has 0 fully saturated rings. The molecule has 0 spiro atoms. The Kier molecular flexibility index (Phi) is 2.90. The summed E-state index contributed by atoms with van der Waals surface area (Å²) in [6.07, 6.45) is 0.805. The molecule has 1 unspecified atom stereocenters. The van der Waals surface area contributed by atoms with Crippen LogP contribution in [0.25, 0.3) is 0 Å². The van der Waals surface area contributed by atoms with Crippen molar-refractivity contribution in [3.8, 4) is 0 Å². The highest BCUT2D eigenvalue weighted by atomic mass is 16.3. The second-order valence-electron chi connectivity index (χ2n) is 3.08. The van der Waals surface area contributed by atoms with Crippen molar-refractivity contribution >= 4 is 12.0 Å². The molecule has 0 saturated heterocycles. The van der Waals surface area contributed by atoms with Crippen molar-refractivity contribution in [2.45, 2.75) is 19.8 Å². The zero-order chi connectivity index (χ0) is 9.84. The summed E-state index contributed by atoms with van der Waals surface area (Å²) >= 11 is 0. The monoisotopic (exact) mass is 177 g/mol. The molecule has 0 aliphatic heterocycles. The van der Waals surface area contributed by atoms with Gasteiger partial charge >= 0.3 is 0 Å². The molecule has 1 rings (SSSR count). The fourth-order valence-electron chi connectivity index (χ4n) is 1.19. The van der Waals surface area contributed by atoms with Crippen LogP contribution in [0.15, 0.2) is 23.4 Å². The SMILES string of the molecule is Cc1ccc(C(C)C=O)c(N=O)c1. The Bertz CT molecular complexity index is 334. The van der Waals surface area contributed by atoms with E-state index in [1.807, 2.05) is 13.0 Å². The van der Waals surface area contributed by atoms with Crippen LogP contribution in [0.3, 0.4) is 0 Å². The zero-order valence-electron chi connectivity index (χ0n) is 7.65. The fraction of sp³-hybridized carbons (Fsp3) is 0.300. The van der Waals surface area contributed by atoms with E-state index >= 15 is 0 Å². The third-order valence-corrected chi connectivity index (χ3v) is 1.98. The Morgan fingerprint density at radius 2 is 2.15 bits per heavy atom. The summed E-state index contributed by atoms with van der Waals surface area (Å²) in [6.45, 7) is 3.62. The predicted molar refractivity (Wildman–Crippen MR) is 51.1 cm³/mol. The van der Waals surface area contributed by atoms with Gasteiger partial charge in [0.15, 0.2) is 0 Å². The Hall–Kier alpha value is -1.51. The number of aldehydes is 1. The molecule has 3 nitrogen and oxygen atoms in total. The molecule has 0 aliphatic rings. The van der Waals surface area contributed by atoms with Gasteiger partial charge in [-0.15, -0.1) is 4.91 Å². The Morgan fingerprint density at radius 1 is 1.46 bits per heavy atom. The third kappa shape index (κ3) is 1.99. The van der Waals surface area contributed by atoms with Crippen molar-refractivity contribution in [2.24, 2.45) is 5.18 Å². The largest absolute Gasteiger partial charge is 0.303 e. The molecule has 1 aromatic carbocycles. The minimum Gasteiger partial charge on any atom is -0.303 e. The molecule has 0 bridgehead atoms. The lowest BCUT2D eigenvalue weighted by atomic mass is 9.99. The Labute approximate surface area is 76.7 Å². The summed E-state index contributed by atoms with van der Waals surface area (Å²) in [7, 11) is 0. The van der Waals surface area contributed by atoms with Crippen molar-refractivity contribution < 1.29 is 4.79 Å². The molecule has 13 heavy (non-hydrogen) atoms. The quantitative estimate of drug-likeness (QED) is 0.526.